The number of piperidine rings is 1. The van der Waals surface area contributed by atoms with Crippen LogP contribution in [0.25, 0.3) is 0 Å². The van der Waals surface area contributed by atoms with Gasteiger partial charge in [0.05, 0.1) is 10.8 Å². The Morgan fingerprint density at radius 1 is 1.19 bits per heavy atom. The van der Waals surface area contributed by atoms with Crippen LogP contribution in [0.15, 0.2) is 59.8 Å². The summed E-state index contributed by atoms with van der Waals surface area (Å²) in [6.45, 7) is 0.476. The third kappa shape index (κ3) is 6.30. The fourth-order valence-electron chi connectivity index (χ4n) is 3.57. The van der Waals surface area contributed by atoms with Crippen molar-refractivity contribution in [1.29, 1.82) is 0 Å². The van der Waals surface area contributed by atoms with E-state index in [-0.39, 0.29) is 23.3 Å². The number of thioether (sulfide) groups is 1. The van der Waals surface area contributed by atoms with Crippen LogP contribution < -0.4 is 10.6 Å². The lowest BCUT2D eigenvalue weighted by Gasteiger charge is -2.32. The first-order chi connectivity index (χ1) is 15.4. The zero-order valence-electron chi connectivity index (χ0n) is 17.9. The van der Waals surface area contributed by atoms with Crippen molar-refractivity contribution >= 4 is 39.3 Å². The second kappa shape index (κ2) is 11.4. The van der Waals surface area contributed by atoms with Gasteiger partial charge in [0.15, 0.2) is 0 Å². The number of nitrogens with zero attached hydrogens (tertiary/aromatic N) is 2. The number of nitrogens with one attached hydrogen (secondary N) is 2. The van der Waals surface area contributed by atoms with Crippen LogP contribution in [-0.2, 0) is 19.6 Å². The van der Waals surface area contributed by atoms with Gasteiger partial charge in [-0.1, -0.05) is 18.2 Å². The summed E-state index contributed by atoms with van der Waals surface area (Å²) in [7, 11) is -3.66. The van der Waals surface area contributed by atoms with Gasteiger partial charge in [0.1, 0.15) is 6.04 Å². The van der Waals surface area contributed by atoms with Crippen LogP contribution in [0.5, 0.6) is 0 Å². The molecule has 0 radical (unpaired) electrons. The van der Waals surface area contributed by atoms with Crippen molar-refractivity contribution in [1.82, 2.24) is 14.6 Å². The Morgan fingerprint density at radius 2 is 1.91 bits per heavy atom. The number of anilines is 1. The van der Waals surface area contributed by atoms with Crippen LogP contribution in [0, 0.1) is 5.92 Å². The van der Waals surface area contributed by atoms with E-state index in [1.54, 1.807) is 66.6 Å². The Hall–Kier alpha value is -2.43. The molecule has 0 saturated carbocycles. The Balaban J connectivity index is 1.66. The lowest BCUT2D eigenvalue weighted by Crippen LogP contribution is -2.50. The molecule has 1 aromatic carbocycles. The van der Waals surface area contributed by atoms with Crippen molar-refractivity contribution in [2.75, 3.05) is 30.4 Å². The summed E-state index contributed by atoms with van der Waals surface area (Å²) >= 11 is 1.59. The van der Waals surface area contributed by atoms with Gasteiger partial charge in [-0.3, -0.25) is 14.6 Å². The van der Waals surface area contributed by atoms with Crippen LogP contribution in [-0.4, -0.2) is 60.7 Å². The molecule has 0 spiro atoms. The Labute approximate surface area is 193 Å². The van der Waals surface area contributed by atoms with Crippen molar-refractivity contribution in [3.05, 3.63) is 54.9 Å². The molecule has 2 amide bonds. The van der Waals surface area contributed by atoms with E-state index in [1.165, 1.54) is 4.31 Å². The molecule has 2 atom stereocenters. The molecular formula is C22H28N4O4S2. The normalized spacial score (nSPS) is 18.0. The smallest absolute Gasteiger partial charge is 0.246 e. The summed E-state index contributed by atoms with van der Waals surface area (Å²) in [6, 6.07) is 10.9. The monoisotopic (exact) mass is 476 g/mol. The number of carbonyl (C=O) groups excluding carboxylic acids is 2. The highest BCUT2D eigenvalue weighted by atomic mass is 32.2. The van der Waals surface area contributed by atoms with Gasteiger partial charge < -0.3 is 10.6 Å². The quantitative estimate of drug-likeness (QED) is 0.575. The highest BCUT2D eigenvalue weighted by molar-refractivity contribution is 7.98. The first kappa shape index (κ1) is 24.2. The van der Waals surface area contributed by atoms with Crippen molar-refractivity contribution < 1.29 is 18.0 Å². The number of hydrogen-bond donors (Lipinski definition) is 2. The number of carbonyl (C=O) groups is 2. The summed E-state index contributed by atoms with van der Waals surface area (Å²) in [5.74, 6) is -0.404. The van der Waals surface area contributed by atoms with Crippen LogP contribution in [0.4, 0.5) is 5.69 Å². The first-order valence-electron chi connectivity index (χ1n) is 10.5. The zero-order chi connectivity index (χ0) is 23.0. The second-order valence-electron chi connectivity index (χ2n) is 7.58. The summed E-state index contributed by atoms with van der Waals surface area (Å²) in [5.41, 5.74) is 0.603. The fraction of sp³-hybridized carbons (Fsp3) is 0.409. The SMILES string of the molecule is CSCC[C@H](NC(=O)[C@@H]1CCCN(S(=O)(=O)c2ccccc2)C1)C(=O)Nc1ccncc1. The fourth-order valence-corrected chi connectivity index (χ4v) is 5.59. The van der Waals surface area contributed by atoms with E-state index < -0.39 is 22.0 Å². The molecule has 0 aliphatic carbocycles. The van der Waals surface area contributed by atoms with Crippen LogP contribution in [0.3, 0.4) is 0 Å². The first-order valence-corrected chi connectivity index (χ1v) is 13.3. The van der Waals surface area contributed by atoms with Crippen LogP contribution >= 0.6 is 11.8 Å². The molecule has 1 aromatic heterocycles. The maximum absolute atomic E-state index is 13.0. The molecule has 2 heterocycles. The Morgan fingerprint density at radius 3 is 2.59 bits per heavy atom. The maximum Gasteiger partial charge on any atom is 0.246 e. The van der Waals surface area contributed by atoms with Crippen LogP contribution in [0.2, 0.25) is 0 Å². The molecule has 1 saturated heterocycles. The average Bonchev–Trinajstić information content (AvgIpc) is 2.82. The Kier molecular flexibility index (Phi) is 8.66. The van der Waals surface area contributed by atoms with Gasteiger partial charge in [-0.25, -0.2) is 8.42 Å². The minimum atomic E-state index is -3.66. The van der Waals surface area contributed by atoms with Crippen molar-refractivity contribution in [2.45, 2.75) is 30.2 Å². The lowest BCUT2D eigenvalue weighted by molar-refractivity contribution is -0.130. The summed E-state index contributed by atoms with van der Waals surface area (Å²) in [5, 5.41) is 5.66. The number of sulfonamides is 1. The molecule has 172 valence electrons. The van der Waals surface area contributed by atoms with Gasteiger partial charge in [0, 0.05) is 31.2 Å². The Bertz CT molecular complexity index is 1000. The van der Waals surface area contributed by atoms with E-state index in [9.17, 15) is 18.0 Å². The van der Waals surface area contributed by atoms with Crippen molar-refractivity contribution in [3.63, 3.8) is 0 Å². The topological polar surface area (TPSA) is 108 Å². The highest BCUT2D eigenvalue weighted by Gasteiger charge is 2.34. The second-order valence-corrected chi connectivity index (χ2v) is 10.5. The van der Waals surface area contributed by atoms with E-state index >= 15 is 0 Å². The number of rotatable bonds is 9. The summed E-state index contributed by atoms with van der Waals surface area (Å²) < 4.78 is 27.3. The molecule has 1 aliphatic heterocycles. The van der Waals surface area contributed by atoms with Gasteiger partial charge in [0.25, 0.3) is 0 Å². The van der Waals surface area contributed by atoms with E-state index in [4.69, 9.17) is 0 Å². The predicted molar refractivity (Wildman–Crippen MR) is 126 cm³/mol. The van der Waals surface area contributed by atoms with Gasteiger partial charge in [-0.15, -0.1) is 0 Å². The van der Waals surface area contributed by atoms with Gasteiger partial charge in [-0.05, 0) is 55.5 Å². The van der Waals surface area contributed by atoms with E-state index in [0.717, 1.165) is 0 Å². The standard InChI is InChI=1S/C22H28N4O4S2/c1-31-15-11-20(22(28)24-18-9-12-23-13-10-18)25-21(27)17-6-5-14-26(16-17)32(29,30)19-7-3-2-4-8-19/h2-4,7-10,12-13,17,20H,5-6,11,14-16H2,1H3,(H,25,27)(H,23,24,28)/t17-,20+/m1/s1. The number of benzene rings is 1. The minimum absolute atomic E-state index is 0.101. The molecule has 10 heteroatoms. The summed E-state index contributed by atoms with van der Waals surface area (Å²) in [6.07, 6.45) is 6.73. The largest absolute Gasteiger partial charge is 0.344 e. The molecular weight excluding hydrogens is 448 g/mol. The maximum atomic E-state index is 13.0. The zero-order valence-corrected chi connectivity index (χ0v) is 19.6. The predicted octanol–water partition coefficient (Wildman–Crippen LogP) is 2.36. The molecule has 8 nitrogen and oxygen atoms in total. The molecule has 0 unspecified atom stereocenters. The number of amides is 2. The van der Waals surface area contributed by atoms with Gasteiger partial charge >= 0.3 is 0 Å². The van der Waals surface area contributed by atoms with Crippen molar-refractivity contribution in [3.8, 4) is 0 Å². The van der Waals surface area contributed by atoms with Gasteiger partial charge in [0.2, 0.25) is 21.8 Å². The third-order valence-corrected chi connectivity index (χ3v) is 7.85. The van der Waals surface area contributed by atoms with Crippen molar-refractivity contribution in [2.24, 2.45) is 5.92 Å². The average molecular weight is 477 g/mol. The number of pyridine rings is 1. The van der Waals surface area contributed by atoms with E-state index in [0.29, 0.717) is 37.2 Å². The van der Waals surface area contributed by atoms with Crippen LogP contribution in [0.1, 0.15) is 19.3 Å². The molecule has 1 aliphatic rings. The lowest BCUT2D eigenvalue weighted by atomic mass is 9.98. The highest BCUT2D eigenvalue weighted by Crippen LogP contribution is 2.24. The van der Waals surface area contributed by atoms with E-state index in [2.05, 4.69) is 15.6 Å². The third-order valence-electron chi connectivity index (χ3n) is 5.33. The molecule has 1 fully saturated rings. The molecule has 32 heavy (non-hydrogen) atoms. The van der Waals surface area contributed by atoms with E-state index in [1.807, 2.05) is 6.26 Å². The molecule has 2 aromatic rings. The molecule has 0 bridgehead atoms. The molecule has 2 N–H and O–H groups in total. The summed E-state index contributed by atoms with van der Waals surface area (Å²) in [4.78, 5) is 29.9. The van der Waals surface area contributed by atoms with Gasteiger partial charge in [-0.2, -0.15) is 16.1 Å². The minimum Gasteiger partial charge on any atom is -0.344 e. The molecule has 3 rings (SSSR count). The number of aromatic nitrogens is 1. The number of hydrogen-bond acceptors (Lipinski definition) is 6.